The molecule has 0 heterocycles. The molecule has 162 valence electrons. The van der Waals surface area contributed by atoms with Crippen LogP contribution in [0, 0.1) is 10.1 Å². The third kappa shape index (κ3) is 9.10. The molecule has 1 atom stereocenters. The maximum Gasteiger partial charge on any atom is 0.294 e. The molecule has 2 rings (SSSR count). The molecule has 1 aliphatic rings. The highest BCUT2D eigenvalue weighted by Crippen LogP contribution is 2.21. The molecule has 0 aromatic heterocycles. The number of hydrogen-bond acceptors (Lipinski definition) is 7. The number of carbonyl (C=O) groups is 1. The number of ether oxygens (including phenoxy) is 1. The minimum absolute atomic E-state index is 0.0256. The number of nitrogens with zero attached hydrogens (tertiary/aromatic N) is 1. The van der Waals surface area contributed by atoms with Crippen LogP contribution in [0.25, 0.3) is 0 Å². The topological polar surface area (TPSA) is 123 Å². The van der Waals surface area contributed by atoms with Gasteiger partial charge in [-0.2, -0.15) is 0 Å². The van der Waals surface area contributed by atoms with E-state index in [-0.39, 0.29) is 31.1 Å². The van der Waals surface area contributed by atoms with Crippen LogP contribution in [0.1, 0.15) is 45.1 Å². The molecule has 0 radical (unpaired) electrons. The van der Waals surface area contributed by atoms with Crippen LogP contribution in [0.15, 0.2) is 24.3 Å². The molecule has 1 fully saturated rings. The molecule has 0 aliphatic heterocycles. The minimum atomic E-state index is -0.750. The van der Waals surface area contributed by atoms with Gasteiger partial charge in [0.05, 0.1) is 6.42 Å². The Morgan fingerprint density at radius 1 is 1.24 bits per heavy atom. The van der Waals surface area contributed by atoms with Crippen LogP contribution in [0.4, 0.5) is 0 Å². The summed E-state index contributed by atoms with van der Waals surface area (Å²) >= 11 is 0. The monoisotopic (exact) mass is 409 g/mol. The van der Waals surface area contributed by atoms with E-state index in [0.717, 1.165) is 5.56 Å². The van der Waals surface area contributed by atoms with Crippen molar-refractivity contribution >= 4 is 5.91 Å². The van der Waals surface area contributed by atoms with Gasteiger partial charge in [0.2, 0.25) is 5.91 Å². The third-order valence-corrected chi connectivity index (χ3v) is 4.77. The van der Waals surface area contributed by atoms with Crippen molar-refractivity contribution in [1.29, 1.82) is 0 Å². The summed E-state index contributed by atoms with van der Waals surface area (Å²) in [6.45, 7) is 4.69. The van der Waals surface area contributed by atoms with Crippen LogP contribution in [-0.4, -0.2) is 53.5 Å². The molecule has 1 saturated carbocycles. The van der Waals surface area contributed by atoms with E-state index >= 15 is 0 Å². The summed E-state index contributed by atoms with van der Waals surface area (Å²) in [6.07, 6.45) is 1.77. The Hall–Kier alpha value is -2.39. The quantitative estimate of drug-likeness (QED) is 0.375. The third-order valence-electron chi connectivity index (χ3n) is 4.77. The number of benzene rings is 1. The van der Waals surface area contributed by atoms with Crippen LogP contribution < -0.4 is 15.4 Å². The smallest absolute Gasteiger partial charge is 0.294 e. The van der Waals surface area contributed by atoms with E-state index in [9.17, 15) is 20.0 Å². The van der Waals surface area contributed by atoms with E-state index in [0.29, 0.717) is 44.0 Å². The molecular formula is C20H31N3O6. The molecular weight excluding hydrogens is 378 g/mol. The van der Waals surface area contributed by atoms with Gasteiger partial charge < -0.3 is 25.3 Å². The summed E-state index contributed by atoms with van der Waals surface area (Å²) in [4.78, 5) is 27.2. The fraction of sp³-hybridized carbons (Fsp3) is 0.650. The van der Waals surface area contributed by atoms with Crippen molar-refractivity contribution in [3.8, 4) is 5.75 Å². The van der Waals surface area contributed by atoms with Crippen LogP contribution in [0.2, 0.25) is 0 Å². The van der Waals surface area contributed by atoms with E-state index < -0.39 is 11.2 Å². The fourth-order valence-corrected chi connectivity index (χ4v) is 3.23. The molecule has 1 amide bonds. The first-order chi connectivity index (χ1) is 13.8. The molecule has 9 nitrogen and oxygen atoms in total. The first-order valence-corrected chi connectivity index (χ1v) is 10.1. The Kier molecular flexibility index (Phi) is 9.14. The molecule has 1 unspecified atom stereocenters. The summed E-state index contributed by atoms with van der Waals surface area (Å²) in [7, 11) is 0. The second-order valence-electron chi connectivity index (χ2n) is 7.72. The lowest BCUT2D eigenvalue weighted by atomic mass is 9.93. The van der Waals surface area contributed by atoms with Gasteiger partial charge in [-0.1, -0.05) is 26.0 Å². The van der Waals surface area contributed by atoms with E-state index in [1.807, 2.05) is 26.0 Å². The SMILES string of the molecule is CC(C)NCC(O)COc1ccc(CC(=O)N[C@H]2CC[C@@H](O[N+](=O)[O-])CC2)cc1. The average molecular weight is 409 g/mol. The average Bonchev–Trinajstić information content (AvgIpc) is 2.67. The molecule has 0 spiro atoms. The summed E-state index contributed by atoms with van der Waals surface area (Å²) in [5.74, 6) is 0.564. The van der Waals surface area contributed by atoms with Gasteiger partial charge in [0.15, 0.2) is 0 Å². The maximum absolute atomic E-state index is 12.2. The van der Waals surface area contributed by atoms with Crippen molar-refractivity contribution in [1.82, 2.24) is 10.6 Å². The van der Waals surface area contributed by atoms with Crippen molar-refractivity contribution in [2.45, 2.75) is 70.2 Å². The number of aliphatic hydroxyl groups is 1. The Balaban J connectivity index is 1.68. The Morgan fingerprint density at radius 3 is 2.48 bits per heavy atom. The van der Waals surface area contributed by atoms with Crippen molar-refractivity contribution in [3.63, 3.8) is 0 Å². The zero-order chi connectivity index (χ0) is 21.2. The Labute approximate surface area is 170 Å². The summed E-state index contributed by atoms with van der Waals surface area (Å²) < 4.78 is 5.57. The lowest BCUT2D eigenvalue weighted by Crippen LogP contribution is -2.40. The largest absolute Gasteiger partial charge is 0.491 e. The van der Waals surface area contributed by atoms with Crippen molar-refractivity contribution in [2.75, 3.05) is 13.2 Å². The van der Waals surface area contributed by atoms with E-state index in [1.54, 1.807) is 12.1 Å². The normalized spacial score (nSPS) is 20.1. The Bertz CT molecular complexity index is 644. The predicted molar refractivity (Wildman–Crippen MR) is 107 cm³/mol. The van der Waals surface area contributed by atoms with Gasteiger partial charge in [0.1, 0.15) is 24.6 Å². The van der Waals surface area contributed by atoms with Crippen molar-refractivity contribution in [2.24, 2.45) is 0 Å². The van der Waals surface area contributed by atoms with Crippen LogP contribution in [0.5, 0.6) is 5.75 Å². The second kappa shape index (κ2) is 11.6. The zero-order valence-electron chi connectivity index (χ0n) is 17.0. The van der Waals surface area contributed by atoms with Crippen molar-refractivity contribution < 1.29 is 24.6 Å². The van der Waals surface area contributed by atoms with E-state index in [1.165, 1.54) is 0 Å². The van der Waals surface area contributed by atoms with Crippen LogP contribution >= 0.6 is 0 Å². The first kappa shape index (κ1) is 22.9. The van der Waals surface area contributed by atoms with Gasteiger partial charge in [-0.25, -0.2) is 0 Å². The van der Waals surface area contributed by atoms with E-state index in [2.05, 4.69) is 15.5 Å². The number of nitrogens with one attached hydrogen (secondary N) is 2. The number of amides is 1. The van der Waals surface area contributed by atoms with Gasteiger partial charge in [-0.15, -0.1) is 10.1 Å². The predicted octanol–water partition coefficient (Wildman–Crippen LogP) is 1.60. The number of carbonyl (C=O) groups excluding carboxylic acids is 1. The maximum atomic E-state index is 12.2. The van der Waals surface area contributed by atoms with Crippen LogP contribution in [-0.2, 0) is 16.1 Å². The van der Waals surface area contributed by atoms with Gasteiger partial charge in [0.25, 0.3) is 5.09 Å². The second-order valence-corrected chi connectivity index (χ2v) is 7.72. The minimum Gasteiger partial charge on any atom is -0.491 e. The van der Waals surface area contributed by atoms with Gasteiger partial charge in [-0.3, -0.25) is 4.79 Å². The number of aliphatic hydroxyl groups excluding tert-OH is 1. The molecule has 3 N–H and O–H groups in total. The summed E-state index contributed by atoms with van der Waals surface area (Å²) in [5, 5.41) is 25.6. The summed E-state index contributed by atoms with van der Waals surface area (Å²) in [6, 6.07) is 7.55. The van der Waals surface area contributed by atoms with Gasteiger partial charge >= 0.3 is 0 Å². The molecule has 29 heavy (non-hydrogen) atoms. The highest BCUT2D eigenvalue weighted by Gasteiger charge is 2.24. The molecule has 1 aromatic rings. The Morgan fingerprint density at radius 2 is 1.90 bits per heavy atom. The highest BCUT2D eigenvalue weighted by molar-refractivity contribution is 5.78. The highest BCUT2D eigenvalue weighted by atomic mass is 17.0. The first-order valence-electron chi connectivity index (χ1n) is 10.1. The van der Waals surface area contributed by atoms with E-state index in [4.69, 9.17) is 4.74 Å². The summed E-state index contributed by atoms with van der Waals surface area (Å²) in [5.41, 5.74) is 0.863. The van der Waals surface area contributed by atoms with Gasteiger partial charge in [0, 0.05) is 18.6 Å². The molecule has 1 aromatic carbocycles. The molecule has 9 heteroatoms. The fourth-order valence-electron chi connectivity index (χ4n) is 3.23. The molecule has 1 aliphatic carbocycles. The van der Waals surface area contributed by atoms with Crippen LogP contribution in [0.3, 0.4) is 0 Å². The lowest BCUT2D eigenvalue weighted by molar-refractivity contribution is -0.769. The molecule has 0 saturated heterocycles. The number of rotatable bonds is 11. The standard InChI is InChI=1S/C20H31N3O6/c1-14(2)21-12-17(24)13-28-18-7-3-15(4-8-18)11-20(25)22-16-5-9-19(10-6-16)29-23(26)27/h3-4,7-8,14,16-17,19,21,24H,5-6,9-13H2,1-2H3,(H,22,25)/t16-,17?,19+. The number of hydrogen-bond donors (Lipinski definition) is 3. The van der Waals surface area contributed by atoms with Crippen molar-refractivity contribution in [3.05, 3.63) is 39.9 Å². The molecule has 0 bridgehead atoms. The lowest BCUT2D eigenvalue weighted by Gasteiger charge is -2.27. The van der Waals surface area contributed by atoms with Gasteiger partial charge in [-0.05, 0) is 43.4 Å². The zero-order valence-corrected chi connectivity index (χ0v) is 17.0.